The molecule has 5 heteroatoms. The van der Waals surface area contributed by atoms with E-state index in [4.69, 9.17) is 4.74 Å². The highest BCUT2D eigenvalue weighted by molar-refractivity contribution is 5.97. The average Bonchev–Trinajstić information content (AvgIpc) is 2.61. The fourth-order valence-corrected chi connectivity index (χ4v) is 2.14. The molecule has 0 aliphatic rings. The Morgan fingerprint density at radius 3 is 2.46 bits per heavy atom. The number of halogens is 1. The summed E-state index contributed by atoms with van der Waals surface area (Å²) in [5, 5.41) is 2.51. The van der Waals surface area contributed by atoms with Crippen molar-refractivity contribution in [3.63, 3.8) is 0 Å². The van der Waals surface area contributed by atoms with Crippen molar-refractivity contribution in [1.82, 2.24) is 5.32 Å². The lowest BCUT2D eigenvalue weighted by Gasteiger charge is -2.15. The highest BCUT2D eigenvalue weighted by Crippen LogP contribution is 2.09. The lowest BCUT2D eigenvalue weighted by atomic mass is 10.1. The number of hydrogen-bond acceptors (Lipinski definition) is 3. The fourth-order valence-electron chi connectivity index (χ4n) is 2.14. The fraction of sp³-hybridized carbons (Fsp3) is 0.158. The van der Waals surface area contributed by atoms with Gasteiger partial charge in [0, 0.05) is 0 Å². The Labute approximate surface area is 140 Å². The van der Waals surface area contributed by atoms with Crippen LogP contribution in [0.15, 0.2) is 60.7 Å². The average molecular weight is 327 g/mol. The third kappa shape index (κ3) is 4.78. The summed E-state index contributed by atoms with van der Waals surface area (Å²) in [4.78, 5) is 24.0. The Morgan fingerprint density at radius 2 is 1.79 bits per heavy atom. The molecule has 4 nitrogen and oxygen atoms in total. The molecule has 0 unspecified atom stereocenters. The van der Waals surface area contributed by atoms with E-state index in [0.29, 0.717) is 0 Å². The minimum atomic E-state index is -0.887. The van der Waals surface area contributed by atoms with Crippen LogP contribution in [0, 0.1) is 5.82 Å². The molecule has 0 saturated carbocycles. The summed E-state index contributed by atoms with van der Waals surface area (Å²) in [6.45, 7) is 0. The van der Waals surface area contributed by atoms with E-state index in [2.05, 4.69) is 5.32 Å². The van der Waals surface area contributed by atoms with Crippen LogP contribution in [0.5, 0.6) is 0 Å². The van der Waals surface area contributed by atoms with Gasteiger partial charge in [0.05, 0.1) is 12.7 Å². The van der Waals surface area contributed by atoms with Gasteiger partial charge in [0.15, 0.2) is 0 Å². The van der Waals surface area contributed by atoms with E-state index in [1.165, 1.54) is 25.3 Å². The first-order chi connectivity index (χ1) is 11.6. The van der Waals surface area contributed by atoms with E-state index < -0.39 is 23.7 Å². The van der Waals surface area contributed by atoms with Gasteiger partial charge in [0.1, 0.15) is 11.9 Å². The van der Waals surface area contributed by atoms with Crippen LogP contribution in [0.1, 0.15) is 22.3 Å². The summed E-state index contributed by atoms with van der Waals surface area (Å²) in [6, 6.07) is 14.3. The van der Waals surface area contributed by atoms with Crippen molar-refractivity contribution in [1.29, 1.82) is 0 Å². The van der Waals surface area contributed by atoms with Crippen LogP contribution in [0.3, 0.4) is 0 Å². The molecule has 0 aromatic heterocycles. The predicted molar refractivity (Wildman–Crippen MR) is 89.8 cm³/mol. The number of carbonyl (C=O) groups is 2. The summed E-state index contributed by atoms with van der Waals surface area (Å²) in [5.41, 5.74) is 0.861. The van der Waals surface area contributed by atoms with E-state index in [0.717, 1.165) is 5.56 Å². The first kappa shape index (κ1) is 17.4. The number of benzene rings is 2. The summed E-state index contributed by atoms with van der Waals surface area (Å²) < 4.78 is 18.4. The number of esters is 1. The van der Waals surface area contributed by atoms with Crippen molar-refractivity contribution >= 4 is 18.0 Å². The highest BCUT2D eigenvalue weighted by atomic mass is 19.1. The zero-order valence-corrected chi connectivity index (χ0v) is 13.2. The van der Waals surface area contributed by atoms with Crippen molar-refractivity contribution in [2.75, 3.05) is 7.11 Å². The van der Waals surface area contributed by atoms with Gasteiger partial charge in [-0.3, -0.25) is 4.79 Å². The predicted octanol–water partition coefficient (Wildman–Crippen LogP) is 3.20. The van der Waals surface area contributed by atoms with E-state index >= 15 is 0 Å². The van der Waals surface area contributed by atoms with Crippen LogP contribution in [-0.4, -0.2) is 25.0 Å². The van der Waals surface area contributed by atoms with Crippen LogP contribution in [0.2, 0.25) is 0 Å². The third-order valence-corrected chi connectivity index (χ3v) is 3.39. The van der Waals surface area contributed by atoms with Crippen molar-refractivity contribution in [2.45, 2.75) is 12.5 Å². The molecule has 124 valence electrons. The lowest BCUT2D eigenvalue weighted by molar-refractivity contribution is -0.142. The van der Waals surface area contributed by atoms with E-state index in [9.17, 15) is 14.0 Å². The largest absolute Gasteiger partial charge is 0.467 e. The van der Waals surface area contributed by atoms with E-state index in [1.54, 1.807) is 12.1 Å². The number of nitrogens with one attached hydrogen (secondary N) is 1. The first-order valence-electron chi connectivity index (χ1n) is 7.46. The molecule has 1 N–H and O–H groups in total. The molecule has 0 heterocycles. The molecule has 0 aliphatic heterocycles. The zero-order chi connectivity index (χ0) is 17.4. The van der Waals surface area contributed by atoms with Gasteiger partial charge in [-0.2, -0.15) is 0 Å². The lowest BCUT2D eigenvalue weighted by Crippen LogP contribution is -2.41. The minimum absolute atomic E-state index is 0.113. The number of rotatable bonds is 6. The van der Waals surface area contributed by atoms with Gasteiger partial charge in [0.25, 0.3) is 5.91 Å². The van der Waals surface area contributed by atoms with Crippen LogP contribution < -0.4 is 5.32 Å². The molecule has 0 spiro atoms. The Morgan fingerprint density at radius 1 is 1.12 bits per heavy atom. The van der Waals surface area contributed by atoms with Crippen molar-refractivity contribution < 1.29 is 18.7 Å². The second-order valence-electron chi connectivity index (χ2n) is 5.08. The smallest absolute Gasteiger partial charge is 0.328 e. The summed E-state index contributed by atoms with van der Waals surface area (Å²) in [5.74, 6) is -1.88. The van der Waals surface area contributed by atoms with Gasteiger partial charge < -0.3 is 10.1 Å². The number of ether oxygens (including phenoxy) is 1. The van der Waals surface area contributed by atoms with E-state index in [1.807, 2.05) is 36.4 Å². The SMILES string of the molecule is COC(=O)[C@H](C/C=C/c1ccccc1)NC(=O)c1ccccc1F. The Kier molecular flexibility index (Phi) is 6.25. The molecule has 2 aromatic carbocycles. The third-order valence-electron chi connectivity index (χ3n) is 3.39. The Bertz CT molecular complexity index is 728. The topological polar surface area (TPSA) is 55.4 Å². The maximum atomic E-state index is 13.7. The van der Waals surface area contributed by atoms with Gasteiger partial charge in [-0.1, -0.05) is 54.6 Å². The van der Waals surface area contributed by atoms with Crippen molar-refractivity contribution in [3.8, 4) is 0 Å². The van der Waals surface area contributed by atoms with Gasteiger partial charge in [-0.15, -0.1) is 0 Å². The molecule has 0 bridgehead atoms. The Balaban J connectivity index is 2.06. The van der Waals surface area contributed by atoms with Gasteiger partial charge in [-0.25, -0.2) is 9.18 Å². The molecule has 1 amide bonds. The molecule has 2 aromatic rings. The molecule has 0 fully saturated rings. The number of methoxy groups -OCH3 is 1. The monoisotopic (exact) mass is 327 g/mol. The number of carbonyl (C=O) groups excluding carboxylic acids is 2. The first-order valence-corrected chi connectivity index (χ1v) is 7.46. The molecule has 0 radical (unpaired) electrons. The molecule has 2 rings (SSSR count). The molecule has 1 atom stereocenters. The quantitative estimate of drug-likeness (QED) is 0.829. The maximum Gasteiger partial charge on any atom is 0.328 e. The van der Waals surface area contributed by atoms with Crippen molar-refractivity contribution in [3.05, 3.63) is 77.6 Å². The summed E-state index contributed by atoms with van der Waals surface area (Å²) in [7, 11) is 1.24. The highest BCUT2D eigenvalue weighted by Gasteiger charge is 2.22. The normalized spacial score (nSPS) is 11.9. The minimum Gasteiger partial charge on any atom is -0.467 e. The molecule has 0 aliphatic carbocycles. The summed E-state index contributed by atoms with van der Waals surface area (Å²) in [6.07, 6.45) is 3.84. The number of amides is 1. The molecular weight excluding hydrogens is 309 g/mol. The zero-order valence-electron chi connectivity index (χ0n) is 13.2. The number of hydrogen-bond donors (Lipinski definition) is 1. The van der Waals surface area contributed by atoms with Gasteiger partial charge in [0.2, 0.25) is 0 Å². The van der Waals surface area contributed by atoms with Gasteiger partial charge in [-0.05, 0) is 24.1 Å². The van der Waals surface area contributed by atoms with Crippen LogP contribution >= 0.6 is 0 Å². The second kappa shape index (κ2) is 8.62. The van der Waals surface area contributed by atoms with Crippen LogP contribution in [0.4, 0.5) is 4.39 Å². The van der Waals surface area contributed by atoms with Gasteiger partial charge >= 0.3 is 5.97 Å². The molecule has 0 saturated heterocycles. The summed E-state index contributed by atoms with van der Waals surface area (Å²) >= 11 is 0. The van der Waals surface area contributed by atoms with Crippen molar-refractivity contribution in [2.24, 2.45) is 0 Å². The molecular formula is C19H18FNO3. The second-order valence-corrected chi connectivity index (χ2v) is 5.08. The standard InChI is InChI=1S/C19H18FNO3/c1-24-19(23)17(13-7-10-14-8-3-2-4-9-14)21-18(22)15-11-5-6-12-16(15)20/h2-12,17H,13H2,1H3,(H,21,22)/b10-7+/t17-/m0/s1. The molecule has 24 heavy (non-hydrogen) atoms. The van der Waals surface area contributed by atoms with Crippen LogP contribution in [-0.2, 0) is 9.53 Å². The van der Waals surface area contributed by atoms with Crippen LogP contribution in [0.25, 0.3) is 6.08 Å². The maximum absolute atomic E-state index is 13.7. The Hall–Kier alpha value is -2.95. The van der Waals surface area contributed by atoms with E-state index in [-0.39, 0.29) is 12.0 Å².